The van der Waals surface area contributed by atoms with Crippen molar-refractivity contribution in [3.8, 4) is 0 Å². The zero-order valence-electron chi connectivity index (χ0n) is 11.7. The summed E-state index contributed by atoms with van der Waals surface area (Å²) in [4.78, 5) is 6.20. The van der Waals surface area contributed by atoms with Crippen molar-refractivity contribution in [1.29, 1.82) is 0 Å². The Morgan fingerprint density at radius 3 is 2.72 bits per heavy atom. The van der Waals surface area contributed by atoms with Crippen molar-refractivity contribution in [2.24, 2.45) is 0 Å². The molecule has 1 heterocycles. The minimum absolute atomic E-state index is 0.184. The monoisotopic (exact) mass is 253 g/mol. The summed E-state index contributed by atoms with van der Waals surface area (Å²) in [7, 11) is 0. The zero-order chi connectivity index (χ0) is 13.4. The van der Waals surface area contributed by atoms with Crippen LogP contribution in [0.5, 0.6) is 0 Å². The number of aromatic nitrogens is 1. The van der Waals surface area contributed by atoms with Gasteiger partial charge in [0.15, 0.2) is 11.6 Å². The summed E-state index contributed by atoms with van der Waals surface area (Å²) in [5.74, 6) is 0.303. The Labute approximate surface area is 109 Å². The van der Waals surface area contributed by atoms with Crippen molar-refractivity contribution in [2.45, 2.75) is 40.2 Å². The summed E-state index contributed by atoms with van der Waals surface area (Å²) in [6.07, 6.45) is 3.86. The number of halogens is 1. The van der Waals surface area contributed by atoms with Gasteiger partial charge in [-0.2, -0.15) is 0 Å². The lowest BCUT2D eigenvalue weighted by Gasteiger charge is -2.23. The van der Waals surface area contributed by atoms with Crippen LogP contribution < -0.4 is 10.2 Å². The highest BCUT2D eigenvalue weighted by Gasteiger charge is 2.14. The normalized spacial score (nSPS) is 10.7. The van der Waals surface area contributed by atoms with E-state index < -0.39 is 0 Å². The molecule has 0 spiro atoms. The smallest absolute Gasteiger partial charge is 0.170 e. The van der Waals surface area contributed by atoms with E-state index in [1.54, 1.807) is 12.3 Å². The Balaban J connectivity index is 2.86. The number of pyridine rings is 1. The van der Waals surface area contributed by atoms with Gasteiger partial charge in [-0.25, -0.2) is 9.37 Å². The van der Waals surface area contributed by atoms with Crippen LogP contribution in [0.1, 0.15) is 39.2 Å². The van der Waals surface area contributed by atoms with Gasteiger partial charge in [0.05, 0.1) is 0 Å². The lowest BCUT2D eigenvalue weighted by atomic mass is 10.2. The van der Waals surface area contributed by atoms with E-state index in [1.807, 2.05) is 18.7 Å². The maximum Gasteiger partial charge on any atom is 0.170 e. The Morgan fingerprint density at radius 1 is 1.33 bits per heavy atom. The molecule has 0 amide bonds. The zero-order valence-corrected chi connectivity index (χ0v) is 11.7. The van der Waals surface area contributed by atoms with Crippen LogP contribution in [0, 0.1) is 5.82 Å². The molecular formula is C14H24FN3. The van der Waals surface area contributed by atoms with E-state index in [-0.39, 0.29) is 5.82 Å². The first-order chi connectivity index (χ1) is 8.74. The molecule has 1 rings (SSSR count). The summed E-state index contributed by atoms with van der Waals surface area (Å²) in [5, 5.41) is 3.15. The van der Waals surface area contributed by atoms with Crippen LogP contribution in [-0.2, 0) is 6.54 Å². The number of nitrogens with one attached hydrogen (secondary N) is 1. The lowest BCUT2D eigenvalue weighted by Crippen LogP contribution is -2.26. The molecule has 0 aliphatic carbocycles. The molecule has 1 aromatic heterocycles. The molecule has 0 aliphatic rings. The highest BCUT2D eigenvalue weighted by atomic mass is 19.1. The maximum atomic E-state index is 14.3. The second-order valence-corrected chi connectivity index (χ2v) is 4.32. The molecule has 102 valence electrons. The first-order valence-electron chi connectivity index (χ1n) is 6.83. The summed E-state index contributed by atoms with van der Waals surface area (Å²) in [6.45, 7) is 9.23. The molecule has 4 heteroatoms. The molecule has 0 unspecified atom stereocenters. The largest absolute Gasteiger partial charge is 0.354 e. The second kappa shape index (κ2) is 8.03. The van der Waals surface area contributed by atoms with Crippen LogP contribution >= 0.6 is 0 Å². The van der Waals surface area contributed by atoms with Crippen molar-refractivity contribution >= 4 is 5.82 Å². The summed E-state index contributed by atoms with van der Waals surface area (Å²) < 4.78 is 14.3. The fourth-order valence-electron chi connectivity index (χ4n) is 1.85. The maximum absolute atomic E-state index is 14.3. The minimum Gasteiger partial charge on any atom is -0.354 e. The summed E-state index contributed by atoms with van der Waals surface area (Å²) in [6, 6.07) is 1.75. The Morgan fingerprint density at radius 2 is 2.11 bits per heavy atom. The quantitative estimate of drug-likeness (QED) is 0.772. The van der Waals surface area contributed by atoms with Crippen LogP contribution in [0.4, 0.5) is 10.2 Å². The third-order valence-electron chi connectivity index (χ3n) is 2.98. The van der Waals surface area contributed by atoms with Crippen LogP contribution in [0.2, 0.25) is 0 Å². The molecule has 1 N–H and O–H groups in total. The molecule has 1 aromatic rings. The molecule has 18 heavy (non-hydrogen) atoms. The number of hydrogen-bond donors (Lipinski definition) is 1. The third-order valence-corrected chi connectivity index (χ3v) is 2.98. The van der Waals surface area contributed by atoms with Crippen LogP contribution in [-0.4, -0.2) is 24.6 Å². The van der Waals surface area contributed by atoms with E-state index in [4.69, 9.17) is 0 Å². The van der Waals surface area contributed by atoms with E-state index in [9.17, 15) is 4.39 Å². The molecule has 3 nitrogen and oxygen atoms in total. The van der Waals surface area contributed by atoms with Gasteiger partial charge in [0, 0.05) is 31.4 Å². The van der Waals surface area contributed by atoms with Gasteiger partial charge in [-0.05, 0) is 26.0 Å². The van der Waals surface area contributed by atoms with Crippen LogP contribution in [0.15, 0.2) is 12.3 Å². The number of anilines is 1. The van der Waals surface area contributed by atoms with Gasteiger partial charge in [-0.3, -0.25) is 0 Å². The van der Waals surface area contributed by atoms with E-state index in [2.05, 4.69) is 17.2 Å². The Kier molecular flexibility index (Phi) is 6.65. The predicted octanol–water partition coefficient (Wildman–Crippen LogP) is 2.96. The standard InChI is InChI=1S/C14H24FN3/c1-4-7-10-18(6-3)14-13(15)12(8-9-17-14)11-16-5-2/h8-9,16H,4-7,10-11H2,1-3H3. The average molecular weight is 253 g/mol. The van der Waals surface area contributed by atoms with Gasteiger partial charge < -0.3 is 10.2 Å². The fraction of sp³-hybridized carbons (Fsp3) is 0.643. The molecule has 0 bridgehead atoms. The molecule has 0 saturated heterocycles. The minimum atomic E-state index is -0.184. The van der Waals surface area contributed by atoms with Crippen molar-refractivity contribution in [3.63, 3.8) is 0 Å². The van der Waals surface area contributed by atoms with Crippen LogP contribution in [0.3, 0.4) is 0 Å². The van der Waals surface area contributed by atoms with Gasteiger partial charge in [0.2, 0.25) is 0 Å². The molecule has 0 fully saturated rings. The first-order valence-corrected chi connectivity index (χ1v) is 6.83. The highest BCUT2D eigenvalue weighted by Crippen LogP contribution is 2.19. The molecular weight excluding hydrogens is 229 g/mol. The second-order valence-electron chi connectivity index (χ2n) is 4.32. The van der Waals surface area contributed by atoms with Crippen molar-refractivity contribution in [3.05, 3.63) is 23.6 Å². The topological polar surface area (TPSA) is 28.2 Å². The van der Waals surface area contributed by atoms with Gasteiger partial charge in [-0.15, -0.1) is 0 Å². The molecule has 0 aromatic carbocycles. The van der Waals surface area contributed by atoms with Crippen molar-refractivity contribution in [1.82, 2.24) is 10.3 Å². The molecule has 0 aliphatic heterocycles. The number of hydrogen-bond acceptors (Lipinski definition) is 3. The van der Waals surface area contributed by atoms with E-state index in [1.165, 1.54) is 0 Å². The SMILES string of the molecule is CCCCN(CC)c1nccc(CNCC)c1F. The van der Waals surface area contributed by atoms with Gasteiger partial charge in [0.25, 0.3) is 0 Å². The first kappa shape index (κ1) is 14.9. The van der Waals surface area contributed by atoms with E-state index in [0.717, 1.165) is 32.5 Å². The average Bonchev–Trinajstić information content (AvgIpc) is 2.40. The fourth-order valence-corrected chi connectivity index (χ4v) is 1.85. The number of nitrogens with zero attached hydrogens (tertiary/aromatic N) is 2. The molecule has 0 atom stereocenters. The van der Waals surface area contributed by atoms with Crippen molar-refractivity contribution in [2.75, 3.05) is 24.5 Å². The van der Waals surface area contributed by atoms with Gasteiger partial charge in [0.1, 0.15) is 0 Å². The third kappa shape index (κ3) is 3.95. The summed E-state index contributed by atoms with van der Waals surface area (Å²) in [5.41, 5.74) is 0.691. The molecule has 0 radical (unpaired) electrons. The van der Waals surface area contributed by atoms with Gasteiger partial charge >= 0.3 is 0 Å². The van der Waals surface area contributed by atoms with E-state index in [0.29, 0.717) is 17.9 Å². The molecule has 0 saturated carbocycles. The predicted molar refractivity (Wildman–Crippen MR) is 74.4 cm³/mol. The van der Waals surface area contributed by atoms with Crippen molar-refractivity contribution < 1.29 is 4.39 Å². The van der Waals surface area contributed by atoms with Crippen LogP contribution in [0.25, 0.3) is 0 Å². The highest BCUT2D eigenvalue weighted by molar-refractivity contribution is 5.42. The summed E-state index contributed by atoms with van der Waals surface area (Å²) >= 11 is 0. The lowest BCUT2D eigenvalue weighted by molar-refractivity contribution is 0.577. The number of rotatable bonds is 8. The van der Waals surface area contributed by atoms with E-state index >= 15 is 0 Å². The number of unbranched alkanes of at least 4 members (excludes halogenated alkanes) is 1. The van der Waals surface area contributed by atoms with Gasteiger partial charge in [-0.1, -0.05) is 20.3 Å². The Bertz CT molecular complexity index is 355. The Hall–Kier alpha value is -1.16.